The van der Waals surface area contributed by atoms with Crippen molar-refractivity contribution in [2.75, 3.05) is 5.32 Å². The van der Waals surface area contributed by atoms with Crippen LogP contribution in [0.3, 0.4) is 0 Å². The number of hydrogen-bond acceptors (Lipinski definition) is 3. The molecule has 102 valence electrons. The van der Waals surface area contributed by atoms with Crippen molar-refractivity contribution in [3.8, 4) is 0 Å². The Hall–Kier alpha value is -2.69. The number of pyridine rings is 1. The van der Waals surface area contributed by atoms with Crippen LogP contribution in [-0.2, 0) is 0 Å². The summed E-state index contributed by atoms with van der Waals surface area (Å²) in [7, 11) is 0. The second kappa shape index (κ2) is 5.52. The summed E-state index contributed by atoms with van der Waals surface area (Å²) in [5.74, 6) is -0.891. The number of benzene rings is 1. The Morgan fingerprint density at radius 3 is 2.25 bits per heavy atom. The maximum absolute atomic E-state index is 12.1. The molecule has 2 rings (SSSR count). The van der Waals surface area contributed by atoms with Gasteiger partial charge in [0.15, 0.2) is 0 Å². The third-order valence-corrected chi connectivity index (χ3v) is 3.00. The monoisotopic (exact) mass is 269 g/mol. The van der Waals surface area contributed by atoms with Crippen molar-refractivity contribution >= 4 is 17.5 Å². The van der Waals surface area contributed by atoms with E-state index >= 15 is 0 Å². The summed E-state index contributed by atoms with van der Waals surface area (Å²) in [6.45, 7) is 3.86. The van der Waals surface area contributed by atoms with Crippen molar-refractivity contribution in [3.05, 3.63) is 58.9 Å². The molecule has 2 amide bonds. The predicted molar refractivity (Wildman–Crippen MR) is 76.6 cm³/mol. The van der Waals surface area contributed by atoms with E-state index in [0.717, 1.165) is 16.8 Å². The fourth-order valence-electron chi connectivity index (χ4n) is 1.87. The Kier molecular flexibility index (Phi) is 3.79. The van der Waals surface area contributed by atoms with E-state index in [9.17, 15) is 9.59 Å². The summed E-state index contributed by atoms with van der Waals surface area (Å²) < 4.78 is 0. The molecule has 0 aliphatic carbocycles. The summed E-state index contributed by atoms with van der Waals surface area (Å²) in [6, 6.07) is 8.75. The SMILES string of the molecule is Cc1cccc(C)c1NC(=O)c1ccc(C(N)=O)nc1. The maximum atomic E-state index is 12.1. The number of hydrogen-bond donors (Lipinski definition) is 2. The number of carbonyl (C=O) groups is 2. The van der Waals surface area contributed by atoms with Crippen molar-refractivity contribution in [3.63, 3.8) is 0 Å². The van der Waals surface area contributed by atoms with Crippen molar-refractivity contribution in [2.24, 2.45) is 5.73 Å². The molecule has 20 heavy (non-hydrogen) atoms. The van der Waals surface area contributed by atoms with E-state index in [4.69, 9.17) is 5.73 Å². The lowest BCUT2D eigenvalue weighted by atomic mass is 10.1. The molecule has 0 fully saturated rings. The molecule has 0 aliphatic rings. The molecule has 0 bridgehead atoms. The topological polar surface area (TPSA) is 85.1 Å². The lowest BCUT2D eigenvalue weighted by Crippen LogP contribution is -2.16. The molecular weight excluding hydrogens is 254 g/mol. The summed E-state index contributed by atoms with van der Waals surface area (Å²) in [5.41, 5.74) is 8.37. The van der Waals surface area contributed by atoms with Crippen LogP contribution in [0, 0.1) is 13.8 Å². The Morgan fingerprint density at radius 1 is 1.10 bits per heavy atom. The highest BCUT2D eigenvalue weighted by molar-refractivity contribution is 6.05. The van der Waals surface area contributed by atoms with Crippen LogP contribution in [0.25, 0.3) is 0 Å². The molecule has 3 N–H and O–H groups in total. The van der Waals surface area contributed by atoms with Gasteiger partial charge in [-0.2, -0.15) is 0 Å². The van der Waals surface area contributed by atoms with Crippen LogP contribution >= 0.6 is 0 Å². The number of primary amides is 1. The van der Waals surface area contributed by atoms with Crippen LogP contribution in [0.4, 0.5) is 5.69 Å². The zero-order chi connectivity index (χ0) is 14.7. The zero-order valence-electron chi connectivity index (χ0n) is 11.3. The van der Waals surface area contributed by atoms with Crippen molar-refractivity contribution < 1.29 is 9.59 Å². The molecule has 0 spiro atoms. The lowest BCUT2D eigenvalue weighted by Gasteiger charge is -2.11. The first-order chi connectivity index (χ1) is 9.49. The molecule has 0 unspecified atom stereocenters. The number of nitrogens with two attached hydrogens (primary N) is 1. The number of nitrogens with zero attached hydrogens (tertiary/aromatic N) is 1. The van der Waals surface area contributed by atoms with E-state index < -0.39 is 5.91 Å². The van der Waals surface area contributed by atoms with Gasteiger partial charge < -0.3 is 11.1 Å². The van der Waals surface area contributed by atoms with Gasteiger partial charge in [0.1, 0.15) is 5.69 Å². The van der Waals surface area contributed by atoms with E-state index in [1.165, 1.54) is 18.3 Å². The molecule has 1 aromatic heterocycles. The van der Waals surface area contributed by atoms with E-state index in [2.05, 4.69) is 10.3 Å². The molecule has 1 heterocycles. The highest BCUT2D eigenvalue weighted by Crippen LogP contribution is 2.20. The van der Waals surface area contributed by atoms with Gasteiger partial charge in [0.2, 0.25) is 0 Å². The third-order valence-electron chi connectivity index (χ3n) is 3.00. The summed E-state index contributed by atoms with van der Waals surface area (Å²) >= 11 is 0. The minimum absolute atomic E-state index is 0.133. The van der Waals surface area contributed by atoms with Gasteiger partial charge in [0, 0.05) is 11.9 Å². The van der Waals surface area contributed by atoms with E-state index in [-0.39, 0.29) is 11.6 Å². The number of aryl methyl sites for hydroxylation is 2. The van der Waals surface area contributed by atoms with E-state index in [1.54, 1.807) is 0 Å². The fraction of sp³-hybridized carbons (Fsp3) is 0.133. The van der Waals surface area contributed by atoms with Crippen LogP contribution < -0.4 is 11.1 Å². The first kappa shape index (κ1) is 13.7. The summed E-state index contributed by atoms with van der Waals surface area (Å²) in [5, 5.41) is 2.85. The van der Waals surface area contributed by atoms with Crippen molar-refractivity contribution in [1.29, 1.82) is 0 Å². The van der Waals surface area contributed by atoms with Crippen LogP contribution in [0.15, 0.2) is 36.5 Å². The van der Waals surface area contributed by atoms with Gasteiger partial charge in [0.25, 0.3) is 11.8 Å². The lowest BCUT2D eigenvalue weighted by molar-refractivity contribution is 0.0990. The highest BCUT2D eigenvalue weighted by atomic mass is 16.2. The first-order valence-electron chi connectivity index (χ1n) is 6.12. The Morgan fingerprint density at radius 2 is 1.75 bits per heavy atom. The van der Waals surface area contributed by atoms with Gasteiger partial charge in [-0.05, 0) is 37.1 Å². The molecule has 0 radical (unpaired) electrons. The molecule has 5 heteroatoms. The largest absolute Gasteiger partial charge is 0.364 e. The molecular formula is C15H15N3O2. The third kappa shape index (κ3) is 2.83. The quantitative estimate of drug-likeness (QED) is 0.894. The summed E-state index contributed by atoms with van der Waals surface area (Å²) in [6.07, 6.45) is 1.34. The van der Waals surface area contributed by atoms with Crippen LogP contribution in [0.2, 0.25) is 0 Å². The molecule has 0 saturated heterocycles. The van der Waals surface area contributed by atoms with Gasteiger partial charge in [0.05, 0.1) is 5.56 Å². The number of aromatic nitrogens is 1. The fourth-order valence-corrected chi connectivity index (χ4v) is 1.87. The van der Waals surface area contributed by atoms with Crippen molar-refractivity contribution in [1.82, 2.24) is 4.98 Å². The van der Waals surface area contributed by atoms with Crippen LogP contribution in [0.5, 0.6) is 0 Å². The minimum atomic E-state index is -0.619. The molecule has 2 aromatic rings. The van der Waals surface area contributed by atoms with Crippen LogP contribution in [-0.4, -0.2) is 16.8 Å². The number of rotatable bonds is 3. The second-order valence-corrected chi connectivity index (χ2v) is 4.52. The maximum Gasteiger partial charge on any atom is 0.267 e. The molecule has 1 aromatic carbocycles. The normalized spacial score (nSPS) is 10.1. The van der Waals surface area contributed by atoms with Gasteiger partial charge in [-0.1, -0.05) is 18.2 Å². The molecule has 0 aliphatic heterocycles. The minimum Gasteiger partial charge on any atom is -0.364 e. The Bertz CT molecular complexity index is 643. The Labute approximate surface area is 116 Å². The second-order valence-electron chi connectivity index (χ2n) is 4.52. The highest BCUT2D eigenvalue weighted by Gasteiger charge is 2.11. The van der Waals surface area contributed by atoms with Crippen molar-refractivity contribution in [2.45, 2.75) is 13.8 Å². The average Bonchev–Trinajstić information content (AvgIpc) is 2.43. The standard InChI is InChI=1S/C15H15N3O2/c1-9-4-3-5-10(2)13(9)18-15(20)11-6-7-12(14(16)19)17-8-11/h3-8H,1-2H3,(H2,16,19)(H,18,20). The number of carbonyl (C=O) groups excluding carboxylic acids is 2. The first-order valence-corrected chi connectivity index (χ1v) is 6.12. The molecule has 0 atom stereocenters. The number of para-hydroxylation sites is 1. The predicted octanol–water partition coefficient (Wildman–Crippen LogP) is 2.05. The van der Waals surface area contributed by atoms with Gasteiger partial charge in [-0.3, -0.25) is 14.6 Å². The van der Waals surface area contributed by atoms with E-state index in [1.807, 2.05) is 32.0 Å². The average molecular weight is 269 g/mol. The van der Waals surface area contributed by atoms with Gasteiger partial charge in [-0.25, -0.2) is 0 Å². The molecule has 0 saturated carbocycles. The number of anilines is 1. The number of amides is 2. The Balaban J connectivity index is 2.22. The van der Waals surface area contributed by atoms with Gasteiger partial charge in [-0.15, -0.1) is 0 Å². The zero-order valence-corrected chi connectivity index (χ0v) is 11.3. The smallest absolute Gasteiger partial charge is 0.267 e. The molecule has 5 nitrogen and oxygen atoms in total. The summed E-state index contributed by atoms with van der Waals surface area (Å²) in [4.78, 5) is 26.9. The van der Waals surface area contributed by atoms with Gasteiger partial charge >= 0.3 is 0 Å². The van der Waals surface area contributed by atoms with E-state index in [0.29, 0.717) is 5.56 Å². The number of nitrogens with one attached hydrogen (secondary N) is 1. The van der Waals surface area contributed by atoms with Crippen LogP contribution in [0.1, 0.15) is 32.0 Å².